The summed E-state index contributed by atoms with van der Waals surface area (Å²) in [6, 6.07) is 5.37. The first-order valence-electron chi connectivity index (χ1n) is 8.24. The van der Waals surface area contributed by atoms with Crippen molar-refractivity contribution in [3.05, 3.63) is 29.3 Å². The molecule has 1 fully saturated rings. The molecule has 1 saturated heterocycles. The number of hydrogen-bond donors (Lipinski definition) is 2. The van der Waals surface area contributed by atoms with Crippen LogP contribution in [0.5, 0.6) is 5.75 Å². The number of aryl methyl sites for hydroxylation is 1. The van der Waals surface area contributed by atoms with E-state index in [1.807, 2.05) is 39.0 Å². The number of amides is 2. The van der Waals surface area contributed by atoms with Crippen LogP contribution in [-0.4, -0.2) is 42.2 Å². The minimum absolute atomic E-state index is 0.175. The van der Waals surface area contributed by atoms with Gasteiger partial charge in [0.15, 0.2) is 0 Å². The number of carboxylic acid groups (broad SMARTS) is 1. The van der Waals surface area contributed by atoms with E-state index >= 15 is 0 Å². The van der Waals surface area contributed by atoms with Gasteiger partial charge >= 0.3 is 12.0 Å². The Morgan fingerprint density at radius 1 is 1.38 bits per heavy atom. The molecule has 24 heavy (non-hydrogen) atoms. The highest BCUT2D eigenvalue weighted by molar-refractivity contribution is 5.77. The topological polar surface area (TPSA) is 78.9 Å². The van der Waals surface area contributed by atoms with E-state index in [1.165, 1.54) is 0 Å². The third-order valence-electron chi connectivity index (χ3n) is 4.49. The first-order valence-corrected chi connectivity index (χ1v) is 8.24. The van der Waals surface area contributed by atoms with Crippen molar-refractivity contribution in [2.45, 2.75) is 33.2 Å². The monoisotopic (exact) mass is 334 g/mol. The number of hydrogen-bond acceptors (Lipinski definition) is 3. The van der Waals surface area contributed by atoms with Gasteiger partial charge in [0.05, 0.1) is 19.1 Å². The number of carbonyl (C=O) groups is 2. The van der Waals surface area contributed by atoms with Crippen molar-refractivity contribution in [1.29, 1.82) is 0 Å². The molecule has 2 rings (SSSR count). The van der Waals surface area contributed by atoms with E-state index in [4.69, 9.17) is 4.74 Å². The largest absolute Gasteiger partial charge is 0.496 e. The Kier molecular flexibility index (Phi) is 5.70. The van der Waals surface area contributed by atoms with Gasteiger partial charge in [0, 0.05) is 18.7 Å². The molecule has 2 unspecified atom stereocenters. The lowest BCUT2D eigenvalue weighted by Gasteiger charge is -2.35. The van der Waals surface area contributed by atoms with Gasteiger partial charge in [-0.3, -0.25) is 4.79 Å². The molecule has 0 bridgehead atoms. The van der Waals surface area contributed by atoms with Crippen LogP contribution in [0.3, 0.4) is 0 Å². The number of piperidine rings is 1. The lowest BCUT2D eigenvalue weighted by Crippen LogP contribution is -2.49. The highest BCUT2D eigenvalue weighted by Crippen LogP contribution is 2.27. The molecular formula is C18H26N2O4. The highest BCUT2D eigenvalue weighted by atomic mass is 16.5. The number of nitrogens with one attached hydrogen (secondary N) is 1. The lowest BCUT2D eigenvalue weighted by atomic mass is 9.91. The molecule has 2 amide bonds. The molecule has 1 aliphatic rings. The van der Waals surface area contributed by atoms with E-state index in [9.17, 15) is 14.7 Å². The zero-order valence-electron chi connectivity index (χ0n) is 14.7. The van der Waals surface area contributed by atoms with Crippen LogP contribution < -0.4 is 10.1 Å². The summed E-state index contributed by atoms with van der Waals surface area (Å²) in [6.07, 6.45) is 0.611. The molecule has 2 N–H and O–H groups in total. The molecule has 0 spiro atoms. The Hall–Kier alpha value is -2.24. The van der Waals surface area contributed by atoms with Gasteiger partial charge in [-0.1, -0.05) is 24.6 Å². The van der Waals surface area contributed by atoms with Crippen LogP contribution in [0.2, 0.25) is 0 Å². The van der Waals surface area contributed by atoms with Crippen LogP contribution in [0.25, 0.3) is 0 Å². The molecule has 1 heterocycles. The highest BCUT2D eigenvalue weighted by Gasteiger charge is 2.32. The molecule has 6 heteroatoms. The van der Waals surface area contributed by atoms with Crippen molar-refractivity contribution in [3.8, 4) is 5.75 Å². The first kappa shape index (κ1) is 18.1. The second kappa shape index (κ2) is 7.55. The fourth-order valence-electron chi connectivity index (χ4n) is 3.24. The number of aliphatic carboxylic acids is 1. The Bertz CT molecular complexity index is 617. The Morgan fingerprint density at radius 2 is 2.08 bits per heavy atom. The van der Waals surface area contributed by atoms with Gasteiger partial charge in [0.1, 0.15) is 5.75 Å². The maximum absolute atomic E-state index is 12.6. The molecule has 0 aromatic heterocycles. The van der Waals surface area contributed by atoms with Crippen LogP contribution in [0.4, 0.5) is 4.79 Å². The average Bonchev–Trinajstić information content (AvgIpc) is 2.54. The fourth-order valence-corrected chi connectivity index (χ4v) is 3.24. The number of rotatable bonds is 4. The number of nitrogens with zero attached hydrogens (tertiary/aromatic N) is 1. The van der Waals surface area contributed by atoms with Crippen LogP contribution in [0, 0.1) is 18.8 Å². The summed E-state index contributed by atoms with van der Waals surface area (Å²) < 4.78 is 5.37. The fraction of sp³-hybridized carbons (Fsp3) is 0.556. The number of carbonyl (C=O) groups excluding carboxylic acids is 1. The second-order valence-electron chi connectivity index (χ2n) is 6.70. The number of likely N-dealkylation sites (tertiary alicyclic amines) is 1. The van der Waals surface area contributed by atoms with E-state index in [0.29, 0.717) is 13.0 Å². The third-order valence-corrected chi connectivity index (χ3v) is 4.49. The van der Waals surface area contributed by atoms with Crippen molar-refractivity contribution in [1.82, 2.24) is 10.2 Å². The predicted octanol–water partition coefficient (Wildman–Crippen LogP) is 2.82. The van der Waals surface area contributed by atoms with E-state index in [2.05, 4.69) is 5.32 Å². The molecule has 1 aliphatic heterocycles. The Balaban J connectivity index is 2.08. The van der Waals surface area contributed by atoms with Gasteiger partial charge in [-0.25, -0.2) is 4.79 Å². The van der Waals surface area contributed by atoms with Gasteiger partial charge in [0.25, 0.3) is 0 Å². The summed E-state index contributed by atoms with van der Waals surface area (Å²) in [5.41, 5.74) is 2.00. The molecule has 1 aromatic carbocycles. The number of methoxy groups -OCH3 is 1. The maximum Gasteiger partial charge on any atom is 0.317 e. The number of carboxylic acids is 1. The first-order chi connectivity index (χ1) is 11.3. The van der Waals surface area contributed by atoms with Gasteiger partial charge < -0.3 is 20.1 Å². The zero-order valence-corrected chi connectivity index (χ0v) is 14.7. The predicted molar refractivity (Wildman–Crippen MR) is 91.2 cm³/mol. The summed E-state index contributed by atoms with van der Waals surface area (Å²) in [4.78, 5) is 25.4. The summed E-state index contributed by atoms with van der Waals surface area (Å²) in [5.74, 6) is -0.436. The van der Waals surface area contributed by atoms with Crippen molar-refractivity contribution in [3.63, 3.8) is 0 Å². The molecular weight excluding hydrogens is 308 g/mol. The zero-order chi connectivity index (χ0) is 17.9. The van der Waals surface area contributed by atoms with Crippen LogP contribution in [0.1, 0.15) is 37.4 Å². The Labute approximate surface area is 142 Å². The second-order valence-corrected chi connectivity index (χ2v) is 6.70. The molecule has 0 aliphatic carbocycles. The standard InChI is InChI=1S/C18H26N2O4/c1-11-5-6-16(24-4)15(8-11)13(3)19-18(23)20-9-12(2)7-14(10-20)17(21)22/h5-6,8,12-14H,7,9-10H2,1-4H3,(H,19,23)(H,21,22)/t12?,13-,14?/m0/s1. The average molecular weight is 334 g/mol. The quantitative estimate of drug-likeness (QED) is 0.887. The molecule has 6 nitrogen and oxygen atoms in total. The third kappa shape index (κ3) is 4.19. The van der Waals surface area contributed by atoms with Gasteiger partial charge in [-0.2, -0.15) is 0 Å². The van der Waals surface area contributed by atoms with E-state index in [-0.39, 0.29) is 24.5 Å². The lowest BCUT2D eigenvalue weighted by molar-refractivity contribution is -0.143. The van der Waals surface area contributed by atoms with Crippen LogP contribution in [-0.2, 0) is 4.79 Å². The molecule has 0 radical (unpaired) electrons. The van der Waals surface area contributed by atoms with Crippen molar-refractivity contribution in [2.75, 3.05) is 20.2 Å². The number of urea groups is 1. The summed E-state index contributed by atoms with van der Waals surface area (Å²) >= 11 is 0. The molecule has 3 atom stereocenters. The normalized spacial score (nSPS) is 21.9. The summed E-state index contributed by atoms with van der Waals surface area (Å²) in [6.45, 7) is 6.69. The Morgan fingerprint density at radius 3 is 2.71 bits per heavy atom. The smallest absolute Gasteiger partial charge is 0.317 e. The van der Waals surface area contributed by atoms with Crippen molar-refractivity contribution in [2.24, 2.45) is 11.8 Å². The molecule has 132 valence electrons. The van der Waals surface area contributed by atoms with E-state index < -0.39 is 11.9 Å². The van der Waals surface area contributed by atoms with Gasteiger partial charge in [-0.05, 0) is 32.3 Å². The summed E-state index contributed by atoms with van der Waals surface area (Å²) in [5, 5.41) is 12.2. The number of benzene rings is 1. The minimum Gasteiger partial charge on any atom is -0.496 e. The van der Waals surface area contributed by atoms with E-state index in [1.54, 1.807) is 12.0 Å². The maximum atomic E-state index is 12.6. The minimum atomic E-state index is -0.840. The van der Waals surface area contributed by atoms with Gasteiger partial charge in [-0.15, -0.1) is 0 Å². The van der Waals surface area contributed by atoms with E-state index in [0.717, 1.165) is 16.9 Å². The molecule has 1 aromatic rings. The van der Waals surface area contributed by atoms with Crippen molar-refractivity contribution < 1.29 is 19.4 Å². The number of ether oxygens (including phenoxy) is 1. The van der Waals surface area contributed by atoms with Crippen molar-refractivity contribution >= 4 is 12.0 Å². The van der Waals surface area contributed by atoms with Crippen LogP contribution in [0.15, 0.2) is 18.2 Å². The summed E-state index contributed by atoms with van der Waals surface area (Å²) in [7, 11) is 1.60. The SMILES string of the molecule is COc1ccc(C)cc1[C@H](C)NC(=O)N1CC(C)CC(C(=O)O)C1. The van der Waals surface area contributed by atoms with Gasteiger partial charge in [0.2, 0.25) is 0 Å². The van der Waals surface area contributed by atoms with Crippen LogP contribution >= 0.6 is 0 Å². The molecule has 0 saturated carbocycles.